The van der Waals surface area contributed by atoms with Crippen molar-refractivity contribution in [1.82, 2.24) is 24.7 Å². The third-order valence-corrected chi connectivity index (χ3v) is 11.5. The summed E-state index contributed by atoms with van der Waals surface area (Å²) in [4.78, 5) is 30.8. The van der Waals surface area contributed by atoms with Gasteiger partial charge in [-0.15, -0.1) is 0 Å². The average Bonchev–Trinajstić information content (AvgIpc) is 3.04. The molecule has 2 aliphatic heterocycles. The molecule has 0 radical (unpaired) electrons. The van der Waals surface area contributed by atoms with Crippen molar-refractivity contribution in [3.8, 4) is 0 Å². The lowest BCUT2D eigenvalue weighted by atomic mass is 9.97. The van der Waals surface area contributed by atoms with Gasteiger partial charge in [-0.25, -0.2) is 8.42 Å². The SMILES string of the molecule is Cc1c(Cl)ccc(S(=O)(=O)N(CCc2ccccc2)CC(=O)NCC(=O)N(CCN2CCCCC2)CC2CCNCC2)c1Cl. The maximum Gasteiger partial charge on any atom is 0.245 e. The van der Waals surface area contributed by atoms with Crippen molar-refractivity contribution in [3.63, 3.8) is 0 Å². The Hall–Kier alpha value is -2.21. The third-order valence-electron chi connectivity index (χ3n) is 8.58. The van der Waals surface area contributed by atoms with Crippen LogP contribution in [0.1, 0.15) is 43.2 Å². The summed E-state index contributed by atoms with van der Waals surface area (Å²) in [7, 11) is -4.16. The summed E-state index contributed by atoms with van der Waals surface area (Å²) < 4.78 is 28.7. The van der Waals surface area contributed by atoms with Crippen molar-refractivity contribution in [2.75, 3.05) is 65.4 Å². The number of carbonyl (C=O) groups excluding carboxylic acids is 2. The highest BCUT2D eigenvalue weighted by molar-refractivity contribution is 7.89. The van der Waals surface area contributed by atoms with Crippen LogP contribution in [0.3, 0.4) is 0 Å². The minimum atomic E-state index is -4.16. The van der Waals surface area contributed by atoms with Gasteiger partial charge in [0, 0.05) is 31.2 Å². The predicted molar refractivity (Wildman–Crippen MR) is 176 cm³/mol. The molecule has 0 aliphatic carbocycles. The largest absolute Gasteiger partial charge is 0.346 e. The maximum atomic E-state index is 13.8. The van der Waals surface area contributed by atoms with E-state index >= 15 is 0 Å². The fourth-order valence-electron chi connectivity index (χ4n) is 5.80. The van der Waals surface area contributed by atoms with Crippen LogP contribution in [0.4, 0.5) is 0 Å². The van der Waals surface area contributed by atoms with E-state index in [0.29, 0.717) is 36.0 Å². The van der Waals surface area contributed by atoms with Crippen LogP contribution in [0.5, 0.6) is 0 Å². The van der Waals surface area contributed by atoms with Gasteiger partial charge in [-0.2, -0.15) is 4.31 Å². The minimum Gasteiger partial charge on any atom is -0.346 e. The zero-order valence-corrected chi connectivity index (χ0v) is 27.9. The third kappa shape index (κ3) is 9.89. The Morgan fingerprint density at radius 1 is 1.00 bits per heavy atom. The van der Waals surface area contributed by atoms with E-state index in [9.17, 15) is 18.0 Å². The number of amides is 2. The Labute approximate surface area is 272 Å². The van der Waals surface area contributed by atoms with Gasteiger partial charge in [0.15, 0.2) is 0 Å². The number of likely N-dealkylation sites (tertiary alicyclic amines) is 1. The van der Waals surface area contributed by atoms with E-state index in [4.69, 9.17) is 23.2 Å². The van der Waals surface area contributed by atoms with Crippen molar-refractivity contribution in [3.05, 3.63) is 63.6 Å². The molecule has 4 rings (SSSR count). The molecule has 0 atom stereocenters. The molecule has 44 heavy (non-hydrogen) atoms. The zero-order chi connectivity index (χ0) is 31.5. The molecule has 0 bridgehead atoms. The van der Waals surface area contributed by atoms with Crippen molar-refractivity contribution >= 4 is 45.0 Å². The summed E-state index contributed by atoms with van der Waals surface area (Å²) in [5.74, 6) is -0.276. The number of halogens is 2. The van der Waals surface area contributed by atoms with E-state index in [0.717, 1.165) is 55.4 Å². The van der Waals surface area contributed by atoms with Gasteiger partial charge in [0.2, 0.25) is 21.8 Å². The first-order chi connectivity index (χ1) is 21.1. The summed E-state index contributed by atoms with van der Waals surface area (Å²) in [5, 5.41) is 6.47. The van der Waals surface area contributed by atoms with E-state index < -0.39 is 22.5 Å². The maximum absolute atomic E-state index is 13.8. The number of piperidine rings is 2. The fourth-order valence-corrected chi connectivity index (χ4v) is 7.98. The van der Waals surface area contributed by atoms with Gasteiger partial charge >= 0.3 is 0 Å². The average molecular weight is 667 g/mol. The molecular weight excluding hydrogens is 621 g/mol. The number of hydrogen-bond acceptors (Lipinski definition) is 6. The van der Waals surface area contributed by atoms with Gasteiger partial charge < -0.3 is 20.4 Å². The second-order valence-corrected chi connectivity index (χ2v) is 14.5. The molecule has 9 nitrogen and oxygen atoms in total. The number of benzene rings is 2. The molecule has 2 fully saturated rings. The standard InChI is InChI=1S/C32H45Cl2N5O4S/c1-25-28(33)10-11-29(32(25)34)44(42,43)39(19-14-26-8-4-2-5-9-26)24-30(40)36-22-31(41)38(23-27-12-15-35-16-13-27)21-20-37-17-6-3-7-18-37/h2,4-5,8-11,27,35H,3,6-7,12-24H2,1H3,(H,36,40). The molecule has 12 heteroatoms. The molecule has 0 saturated carbocycles. The van der Waals surface area contributed by atoms with E-state index in [2.05, 4.69) is 15.5 Å². The Kier molecular flexibility index (Phi) is 13.3. The Morgan fingerprint density at radius 3 is 2.41 bits per heavy atom. The number of rotatable bonds is 14. The normalized spacial score (nSPS) is 16.6. The molecule has 2 aromatic carbocycles. The lowest BCUT2D eigenvalue weighted by molar-refractivity contribution is -0.133. The first-order valence-electron chi connectivity index (χ1n) is 15.6. The van der Waals surface area contributed by atoms with Crippen LogP contribution in [-0.4, -0.2) is 99.8 Å². The van der Waals surface area contributed by atoms with Crippen molar-refractivity contribution in [2.45, 2.75) is 50.3 Å². The lowest BCUT2D eigenvalue weighted by Gasteiger charge is -2.33. The Balaban J connectivity index is 1.43. The van der Waals surface area contributed by atoms with Gasteiger partial charge in [0.1, 0.15) is 4.90 Å². The van der Waals surface area contributed by atoms with Crippen LogP contribution < -0.4 is 10.6 Å². The zero-order valence-electron chi connectivity index (χ0n) is 25.6. The molecule has 0 aromatic heterocycles. The van der Waals surface area contributed by atoms with E-state index in [1.165, 1.54) is 31.4 Å². The first-order valence-corrected chi connectivity index (χ1v) is 17.8. The van der Waals surface area contributed by atoms with Gasteiger partial charge in [-0.1, -0.05) is 60.0 Å². The molecule has 2 aromatic rings. The highest BCUT2D eigenvalue weighted by Crippen LogP contribution is 2.32. The Bertz CT molecular complexity index is 1350. The van der Waals surface area contributed by atoms with E-state index in [-0.39, 0.29) is 28.9 Å². The van der Waals surface area contributed by atoms with Crippen LogP contribution in [0.25, 0.3) is 0 Å². The van der Waals surface area contributed by atoms with Crippen LogP contribution >= 0.6 is 23.2 Å². The summed E-state index contributed by atoms with van der Waals surface area (Å²) in [5.41, 5.74) is 1.38. The van der Waals surface area contributed by atoms with Gasteiger partial charge in [-0.3, -0.25) is 9.59 Å². The Morgan fingerprint density at radius 2 is 1.70 bits per heavy atom. The number of hydrogen-bond donors (Lipinski definition) is 2. The molecule has 0 spiro atoms. The predicted octanol–water partition coefficient (Wildman–Crippen LogP) is 3.97. The quantitative estimate of drug-likeness (QED) is 0.317. The van der Waals surface area contributed by atoms with Gasteiger partial charge in [0.25, 0.3) is 0 Å². The number of nitrogens with one attached hydrogen (secondary N) is 2. The molecule has 2 N–H and O–H groups in total. The second kappa shape index (κ2) is 16.9. The smallest absolute Gasteiger partial charge is 0.245 e. The molecule has 242 valence electrons. The molecule has 2 heterocycles. The fraction of sp³-hybridized carbons (Fsp3) is 0.562. The lowest BCUT2D eigenvalue weighted by Crippen LogP contribution is -2.48. The molecule has 0 unspecified atom stereocenters. The van der Waals surface area contributed by atoms with Crippen LogP contribution in [0, 0.1) is 12.8 Å². The highest BCUT2D eigenvalue weighted by atomic mass is 35.5. The topological polar surface area (TPSA) is 102 Å². The van der Waals surface area contributed by atoms with Crippen molar-refractivity contribution in [2.24, 2.45) is 5.92 Å². The summed E-state index contributed by atoms with van der Waals surface area (Å²) in [6.07, 6.45) is 6.05. The van der Waals surface area contributed by atoms with E-state index in [1.807, 2.05) is 35.2 Å². The molecule has 2 amide bonds. The number of carbonyl (C=O) groups is 2. The first kappa shape index (κ1) is 34.7. The monoisotopic (exact) mass is 665 g/mol. The van der Waals surface area contributed by atoms with Crippen LogP contribution in [-0.2, 0) is 26.0 Å². The highest BCUT2D eigenvalue weighted by Gasteiger charge is 2.30. The second-order valence-electron chi connectivity index (χ2n) is 11.8. The number of sulfonamides is 1. The minimum absolute atomic E-state index is 0.0278. The van der Waals surface area contributed by atoms with Gasteiger partial charge in [-0.05, 0) is 94.4 Å². The summed E-state index contributed by atoms with van der Waals surface area (Å²) >= 11 is 12.6. The molecule has 2 saturated heterocycles. The molecular formula is C32H45Cl2N5O4S. The van der Waals surface area contributed by atoms with Crippen molar-refractivity contribution in [1.29, 1.82) is 0 Å². The summed E-state index contributed by atoms with van der Waals surface area (Å²) in [6.45, 7) is 7.17. The number of nitrogens with zero attached hydrogens (tertiary/aromatic N) is 3. The van der Waals surface area contributed by atoms with Crippen molar-refractivity contribution < 1.29 is 18.0 Å². The van der Waals surface area contributed by atoms with Crippen LogP contribution in [0.2, 0.25) is 10.0 Å². The van der Waals surface area contributed by atoms with Crippen LogP contribution in [0.15, 0.2) is 47.4 Å². The van der Waals surface area contributed by atoms with Gasteiger partial charge in [0.05, 0.1) is 18.1 Å². The van der Waals surface area contributed by atoms with E-state index in [1.54, 1.807) is 6.92 Å². The summed E-state index contributed by atoms with van der Waals surface area (Å²) in [6, 6.07) is 12.3. The molecule has 2 aliphatic rings.